The number of alkyl halides is 3. The first-order chi connectivity index (χ1) is 12.0. The number of hydrogen-bond donors (Lipinski definition) is 1. The van der Waals surface area contributed by atoms with Crippen LogP contribution in [0.5, 0.6) is 0 Å². The van der Waals surface area contributed by atoms with Crippen molar-refractivity contribution in [2.24, 2.45) is 0 Å². The van der Waals surface area contributed by atoms with Gasteiger partial charge in [0.2, 0.25) is 0 Å². The Morgan fingerprint density at radius 2 is 1.76 bits per heavy atom. The fourth-order valence-electron chi connectivity index (χ4n) is 2.97. The molecule has 1 N–H and O–H groups in total. The Morgan fingerprint density at radius 1 is 1.00 bits per heavy atom. The maximum Gasteiger partial charge on any atom is 0.419 e. The van der Waals surface area contributed by atoms with Crippen molar-refractivity contribution >= 4 is 11.6 Å². The summed E-state index contributed by atoms with van der Waals surface area (Å²) in [5.41, 5.74) is 0.0569. The largest absolute Gasteiger partial charge is 0.419 e. The smallest absolute Gasteiger partial charge is 0.365 e. The number of aromatic nitrogens is 2. The van der Waals surface area contributed by atoms with Crippen LogP contribution in [0.15, 0.2) is 36.7 Å². The summed E-state index contributed by atoms with van der Waals surface area (Å²) in [6.07, 6.45) is 3.48. The molecular weight excluding hydrogens is 329 g/mol. The summed E-state index contributed by atoms with van der Waals surface area (Å²) in [6.45, 7) is 2.26. The Morgan fingerprint density at radius 3 is 2.40 bits per heavy atom. The normalized spacial score (nSPS) is 15.7. The monoisotopic (exact) mass is 350 g/mol. The van der Waals surface area contributed by atoms with Crippen LogP contribution in [0.4, 0.5) is 24.8 Å². The van der Waals surface area contributed by atoms with Gasteiger partial charge in [-0.3, -0.25) is 0 Å². The molecule has 0 atom stereocenters. The summed E-state index contributed by atoms with van der Waals surface area (Å²) < 4.78 is 38.9. The van der Waals surface area contributed by atoms with Crippen LogP contribution in [0.25, 0.3) is 0 Å². The molecule has 134 valence electrons. The van der Waals surface area contributed by atoms with E-state index in [0.29, 0.717) is 0 Å². The number of rotatable bonds is 4. The molecule has 0 spiro atoms. The first kappa shape index (κ1) is 17.5. The second-order valence-electron chi connectivity index (χ2n) is 6.18. The van der Waals surface area contributed by atoms with Gasteiger partial charge in [0.05, 0.1) is 5.56 Å². The molecule has 1 saturated heterocycles. The molecule has 0 saturated carbocycles. The van der Waals surface area contributed by atoms with E-state index < -0.39 is 11.7 Å². The fourth-order valence-corrected chi connectivity index (χ4v) is 2.97. The lowest BCUT2D eigenvalue weighted by Crippen LogP contribution is -2.24. The number of anilines is 2. The highest BCUT2D eigenvalue weighted by molar-refractivity contribution is 5.46. The van der Waals surface area contributed by atoms with Crippen LogP contribution in [-0.2, 0) is 12.7 Å². The quantitative estimate of drug-likeness (QED) is 0.882. The highest BCUT2D eigenvalue weighted by Gasteiger charge is 2.33. The molecule has 1 aliphatic rings. The average molecular weight is 350 g/mol. The van der Waals surface area contributed by atoms with E-state index in [1.165, 1.54) is 37.9 Å². The third-order valence-corrected chi connectivity index (χ3v) is 4.31. The Labute approximate surface area is 145 Å². The van der Waals surface area contributed by atoms with Crippen molar-refractivity contribution in [3.63, 3.8) is 0 Å². The van der Waals surface area contributed by atoms with E-state index in [2.05, 4.69) is 20.2 Å². The van der Waals surface area contributed by atoms with Gasteiger partial charge in [-0.1, -0.05) is 18.9 Å². The highest BCUT2D eigenvalue weighted by atomic mass is 19.4. The van der Waals surface area contributed by atoms with Crippen molar-refractivity contribution in [2.45, 2.75) is 38.4 Å². The molecule has 4 nitrogen and oxygen atoms in total. The summed E-state index contributed by atoms with van der Waals surface area (Å²) in [5.74, 6) is 0.770. The number of nitrogens with one attached hydrogen (secondary N) is 1. The van der Waals surface area contributed by atoms with Gasteiger partial charge in [-0.15, -0.1) is 0 Å². The SMILES string of the molecule is FC(F)(F)c1cccnc1NCc1ccc(N2CCCCCC2)nc1. The van der Waals surface area contributed by atoms with Gasteiger partial charge in [-0.2, -0.15) is 13.2 Å². The predicted molar refractivity (Wildman–Crippen MR) is 91.5 cm³/mol. The molecule has 2 aromatic rings. The van der Waals surface area contributed by atoms with Crippen molar-refractivity contribution in [1.29, 1.82) is 0 Å². The van der Waals surface area contributed by atoms with Gasteiger partial charge in [0, 0.05) is 32.0 Å². The van der Waals surface area contributed by atoms with Gasteiger partial charge in [0.15, 0.2) is 0 Å². The van der Waals surface area contributed by atoms with E-state index in [9.17, 15) is 13.2 Å². The first-order valence-electron chi connectivity index (χ1n) is 8.50. The zero-order chi connectivity index (χ0) is 17.7. The molecule has 0 aliphatic carbocycles. The molecule has 0 bridgehead atoms. The lowest BCUT2D eigenvalue weighted by Gasteiger charge is -2.21. The Bertz CT molecular complexity index is 677. The zero-order valence-electron chi connectivity index (χ0n) is 13.9. The minimum atomic E-state index is -4.43. The fraction of sp³-hybridized carbons (Fsp3) is 0.444. The summed E-state index contributed by atoms with van der Waals surface area (Å²) in [6, 6.07) is 6.14. The van der Waals surface area contributed by atoms with E-state index >= 15 is 0 Å². The molecule has 3 rings (SSSR count). The average Bonchev–Trinajstić information content (AvgIpc) is 2.89. The summed E-state index contributed by atoms with van der Waals surface area (Å²) in [5, 5.41) is 2.76. The number of hydrogen-bond acceptors (Lipinski definition) is 4. The van der Waals surface area contributed by atoms with Crippen LogP contribution in [0, 0.1) is 0 Å². The Kier molecular flexibility index (Phi) is 5.40. The second kappa shape index (κ2) is 7.72. The second-order valence-corrected chi connectivity index (χ2v) is 6.18. The lowest BCUT2D eigenvalue weighted by atomic mass is 10.2. The van der Waals surface area contributed by atoms with E-state index in [4.69, 9.17) is 0 Å². The minimum absolute atomic E-state index is 0.161. The summed E-state index contributed by atoms with van der Waals surface area (Å²) in [4.78, 5) is 10.5. The van der Waals surface area contributed by atoms with Crippen LogP contribution in [-0.4, -0.2) is 23.1 Å². The van der Waals surface area contributed by atoms with Crippen LogP contribution in [0.3, 0.4) is 0 Å². The van der Waals surface area contributed by atoms with Crippen molar-refractivity contribution in [2.75, 3.05) is 23.3 Å². The molecule has 7 heteroatoms. The Balaban J connectivity index is 1.65. The number of pyridine rings is 2. The van der Waals surface area contributed by atoms with Crippen LogP contribution < -0.4 is 10.2 Å². The molecule has 1 aliphatic heterocycles. The van der Waals surface area contributed by atoms with Gasteiger partial charge in [-0.25, -0.2) is 9.97 Å². The van der Waals surface area contributed by atoms with E-state index in [0.717, 1.165) is 30.5 Å². The first-order valence-corrected chi connectivity index (χ1v) is 8.50. The van der Waals surface area contributed by atoms with Gasteiger partial charge < -0.3 is 10.2 Å². The van der Waals surface area contributed by atoms with E-state index in [1.54, 1.807) is 6.20 Å². The van der Waals surface area contributed by atoms with Gasteiger partial charge in [0.25, 0.3) is 0 Å². The third-order valence-electron chi connectivity index (χ3n) is 4.31. The maximum absolute atomic E-state index is 13.0. The van der Waals surface area contributed by atoms with Crippen molar-refractivity contribution in [1.82, 2.24) is 9.97 Å². The lowest BCUT2D eigenvalue weighted by molar-refractivity contribution is -0.137. The maximum atomic E-state index is 13.0. The number of halogens is 3. The zero-order valence-corrected chi connectivity index (χ0v) is 13.9. The van der Waals surface area contributed by atoms with Gasteiger partial charge in [0.1, 0.15) is 11.6 Å². The number of nitrogens with zero attached hydrogens (tertiary/aromatic N) is 3. The molecular formula is C18H21F3N4. The molecule has 0 aromatic carbocycles. The molecule has 25 heavy (non-hydrogen) atoms. The molecule has 0 amide bonds. The van der Waals surface area contributed by atoms with Crippen LogP contribution in [0.1, 0.15) is 36.8 Å². The predicted octanol–water partition coefficient (Wildman–Crippen LogP) is 4.49. The highest BCUT2D eigenvalue weighted by Crippen LogP contribution is 2.33. The van der Waals surface area contributed by atoms with Gasteiger partial charge in [-0.05, 0) is 36.6 Å². The minimum Gasteiger partial charge on any atom is -0.365 e. The third kappa shape index (κ3) is 4.61. The van der Waals surface area contributed by atoms with Crippen molar-refractivity contribution in [3.05, 3.63) is 47.8 Å². The van der Waals surface area contributed by atoms with Gasteiger partial charge >= 0.3 is 6.18 Å². The van der Waals surface area contributed by atoms with Crippen molar-refractivity contribution in [3.8, 4) is 0 Å². The Hall–Kier alpha value is -2.31. The van der Waals surface area contributed by atoms with Crippen LogP contribution in [0.2, 0.25) is 0 Å². The molecule has 3 heterocycles. The van der Waals surface area contributed by atoms with Crippen LogP contribution >= 0.6 is 0 Å². The molecule has 2 aromatic heterocycles. The standard InChI is InChI=1S/C18H21F3N4/c19-18(20,21)15-6-5-9-22-17(15)24-13-14-7-8-16(23-12-14)25-10-3-1-2-4-11-25/h5-9,12H,1-4,10-11,13H2,(H,22,24). The summed E-state index contributed by atoms with van der Waals surface area (Å²) in [7, 11) is 0. The van der Waals surface area contributed by atoms with E-state index in [-0.39, 0.29) is 12.4 Å². The molecule has 1 fully saturated rings. The summed E-state index contributed by atoms with van der Waals surface area (Å²) >= 11 is 0. The molecule has 0 unspecified atom stereocenters. The molecule has 0 radical (unpaired) electrons. The topological polar surface area (TPSA) is 41.1 Å². The van der Waals surface area contributed by atoms with E-state index in [1.807, 2.05) is 12.1 Å². The van der Waals surface area contributed by atoms with Crippen molar-refractivity contribution < 1.29 is 13.2 Å².